The van der Waals surface area contributed by atoms with Crippen molar-refractivity contribution in [3.63, 3.8) is 0 Å². The Kier molecular flexibility index (Phi) is 6.60. The Bertz CT molecular complexity index is 1210. The Morgan fingerprint density at radius 3 is 2.32 bits per heavy atom. The van der Waals surface area contributed by atoms with Crippen molar-refractivity contribution in [1.29, 1.82) is 0 Å². The van der Waals surface area contributed by atoms with Gasteiger partial charge in [0.25, 0.3) is 11.8 Å². The van der Waals surface area contributed by atoms with E-state index in [1.54, 1.807) is 53.6 Å². The van der Waals surface area contributed by atoms with E-state index in [1.807, 2.05) is 26.0 Å². The number of amides is 2. The summed E-state index contributed by atoms with van der Waals surface area (Å²) >= 11 is 5.85. The lowest BCUT2D eigenvalue weighted by molar-refractivity contribution is -0.123. The standard InChI is InChI=1S/C22H24ClN5O3/c1-13(2)19(25-20(29)15-6-8-16(23)9-7-15)21(30)26-24-12-14-5-10-17-18(11-14)28(4)22(31)27(17)3/h5-13,19H,1-4H3,(H,25,29)(H,26,30)/b24-12-. The molecule has 3 aromatic rings. The molecular formula is C22H24ClN5O3. The van der Waals surface area contributed by atoms with E-state index in [0.717, 1.165) is 16.6 Å². The number of halogens is 1. The Morgan fingerprint density at radius 2 is 1.68 bits per heavy atom. The van der Waals surface area contributed by atoms with Crippen molar-refractivity contribution < 1.29 is 9.59 Å². The number of carbonyl (C=O) groups excluding carboxylic acids is 2. The Hall–Kier alpha value is -3.39. The number of benzene rings is 2. The van der Waals surface area contributed by atoms with Crippen LogP contribution in [-0.4, -0.2) is 33.2 Å². The third-order valence-electron chi connectivity index (χ3n) is 5.03. The second-order valence-electron chi connectivity index (χ2n) is 7.59. The quantitative estimate of drug-likeness (QED) is 0.454. The van der Waals surface area contributed by atoms with Gasteiger partial charge in [-0.3, -0.25) is 18.7 Å². The molecular weight excluding hydrogens is 418 g/mol. The van der Waals surface area contributed by atoms with E-state index in [1.165, 1.54) is 6.21 Å². The minimum absolute atomic E-state index is 0.117. The first-order chi connectivity index (χ1) is 14.7. The lowest BCUT2D eigenvalue weighted by Crippen LogP contribution is -2.48. The molecule has 2 N–H and O–H groups in total. The van der Waals surface area contributed by atoms with Gasteiger partial charge in [0, 0.05) is 24.7 Å². The van der Waals surface area contributed by atoms with Crippen molar-refractivity contribution in [3.8, 4) is 0 Å². The number of rotatable bonds is 6. The molecule has 8 nitrogen and oxygen atoms in total. The van der Waals surface area contributed by atoms with E-state index in [-0.39, 0.29) is 17.5 Å². The number of carbonyl (C=O) groups is 2. The predicted molar refractivity (Wildman–Crippen MR) is 121 cm³/mol. The van der Waals surface area contributed by atoms with Gasteiger partial charge in [0.2, 0.25) is 0 Å². The van der Waals surface area contributed by atoms with Gasteiger partial charge >= 0.3 is 5.69 Å². The van der Waals surface area contributed by atoms with Crippen LogP contribution in [0.1, 0.15) is 29.8 Å². The van der Waals surface area contributed by atoms with Gasteiger partial charge in [-0.05, 0) is 47.9 Å². The average molecular weight is 442 g/mol. The number of hydrazone groups is 1. The zero-order chi connectivity index (χ0) is 22.7. The molecule has 0 aliphatic heterocycles. The first kappa shape index (κ1) is 22.3. The highest BCUT2D eigenvalue weighted by Crippen LogP contribution is 2.13. The molecule has 1 unspecified atom stereocenters. The predicted octanol–water partition coefficient (Wildman–Crippen LogP) is 2.44. The van der Waals surface area contributed by atoms with Crippen LogP contribution < -0.4 is 16.4 Å². The maximum absolute atomic E-state index is 12.6. The zero-order valence-electron chi connectivity index (χ0n) is 17.7. The normalized spacial score (nSPS) is 12.5. The molecule has 0 aliphatic rings. The second kappa shape index (κ2) is 9.18. The van der Waals surface area contributed by atoms with E-state index >= 15 is 0 Å². The molecule has 1 atom stereocenters. The van der Waals surface area contributed by atoms with E-state index in [4.69, 9.17) is 11.6 Å². The molecule has 2 amide bonds. The van der Waals surface area contributed by atoms with Gasteiger partial charge in [-0.15, -0.1) is 0 Å². The topological polar surface area (TPSA) is 97.5 Å². The molecule has 0 saturated heterocycles. The summed E-state index contributed by atoms with van der Waals surface area (Å²) < 4.78 is 3.11. The largest absolute Gasteiger partial charge is 0.340 e. The minimum atomic E-state index is -0.766. The summed E-state index contributed by atoms with van der Waals surface area (Å²) in [5.74, 6) is -0.951. The summed E-state index contributed by atoms with van der Waals surface area (Å²) in [5, 5.41) is 7.27. The van der Waals surface area contributed by atoms with Crippen LogP contribution in [0.5, 0.6) is 0 Å². The van der Waals surface area contributed by atoms with Crippen LogP contribution in [0.15, 0.2) is 52.4 Å². The third-order valence-corrected chi connectivity index (χ3v) is 5.28. The SMILES string of the molecule is CC(C)C(NC(=O)c1ccc(Cl)cc1)C(=O)N/N=C\c1ccc2c(c1)n(C)c(=O)n2C. The maximum Gasteiger partial charge on any atom is 0.328 e. The van der Waals surface area contributed by atoms with Crippen LogP contribution >= 0.6 is 11.6 Å². The zero-order valence-corrected chi connectivity index (χ0v) is 18.5. The third kappa shape index (κ3) is 4.86. The minimum Gasteiger partial charge on any atom is -0.340 e. The lowest BCUT2D eigenvalue weighted by atomic mass is 10.0. The fourth-order valence-corrected chi connectivity index (χ4v) is 3.33. The van der Waals surface area contributed by atoms with Gasteiger partial charge in [0.15, 0.2) is 0 Å². The molecule has 1 heterocycles. The first-order valence-electron chi connectivity index (χ1n) is 9.74. The number of hydrogen-bond donors (Lipinski definition) is 2. The molecule has 1 aromatic heterocycles. The summed E-state index contributed by atoms with van der Waals surface area (Å²) in [6.07, 6.45) is 1.49. The van der Waals surface area contributed by atoms with Gasteiger partial charge in [-0.1, -0.05) is 31.5 Å². The molecule has 9 heteroatoms. The van der Waals surface area contributed by atoms with Crippen molar-refractivity contribution in [2.75, 3.05) is 0 Å². The van der Waals surface area contributed by atoms with E-state index in [2.05, 4.69) is 15.8 Å². The van der Waals surface area contributed by atoms with Gasteiger partial charge in [0.05, 0.1) is 17.2 Å². The van der Waals surface area contributed by atoms with Crippen molar-refractivity contribution in [2.45, 2.75) is 19.9 Å². The highest BCUT2D eigenvalue weighted by Gasteiger charge is 2.24. The first-order valence-corrected chi connectivity index (χ1v) is 10.1. The van der Waals surface area contributed by atoms with Gasteiger partial charge in [-0.25, -0.2) is 10.2 Å². The molecule has 31 heavy (non-hydrogen) atoms. The Labute approximate surface area is 184 Å². The summed E-state index contributed by atoms with van der Waals surface area (Å²) in [6, 6.07) is 11.1. The number of nitrogens with one attached hydrogen (secondary N) is 2. The Balaban J connectivity index is 1.69. The van der Waals surface area contributed by atoms with E-state index < -0.39 is 11.9 Å². The number of imidazole rings is 1. The molecule has 0 saturated carbocycles. The van der Waals surface area contributed by atoms with Crippen molar-refractivity contribution in [2.24, 2.45) is 25.1 Å². The van der Waals surface area contributed by atoms with Crippen LogP contribution in [0.2, 0.25) is 5.02 Å². The number of aromatic nitrogens is 2. The van der Waals surface area contributed by atoms with Crippen LogP contribution in [-0.2, 0) is 18.9 Å². The molecule has 0 bridgehead atoms. The maximum atomic E-state index is 12.6. The van der Waals surface area contributed by atoms with Crippen LogP contribution in [0.3, 0.4) is 0 Å². The second-order valence-corrected chi connectivity index (χ2v) is 8.02. The van der Waals surface area contributed by atoms with Gasteiger partial charge in [-0.2, -0.15) is 5.10 Å². The molecule has 0 radical (unpaired) electrons. The van der Waals surface area contributed by atoms with Crippen LogP contribution in [0.4, 0.5) is 0 Å². The summed E-state index contributed by atoms with van der Waals surface area (Å²) in [5.41, 5.74) is 5.06. The fraction of sp³-hybridized carbons (Fsp3) is 0.273. The van der Waals surface area contributed by atoms with Crippen LogP contribution in [0.25, 0.3) is 11.0 Å². The lowest BCUT2D eigenvalue weighted by Gasteiger charge is -2.20. The van der Waals surface area contributed by atoms with Crippen molar-refractivity contribution in [3.05, 3.63) is 69.1 Å². The highest BCUT2D eigenvalue weighted by atomic mass is 35.5. The smallest absolute Gasteiger partial charge is 0.328 e. The van der Waals surface area contributed by atoms with Gasteiger partial charge in [0.1, 0.15) is 6.04 Å². The summed E-state index contributed by atoms with van der Waals surface area (Å²) in [4.78, 5) is 37.1. The number of aryl methyl sites for hydroxylation is 2. The highest BCUT2D eigenvalue weighted by molar-refractivity contribution is 6.30. The van der Waals surface area contributed by atoms with E-state index in [9.17, 15) is 14.4 Å². The number of hydrogen-bond acceptors (Lipinski definition) is 4. The fourth-order valence-electron chi connectivity index (χ4n) is 3.20. The molecule has 2 aromatic carbocycles. The average Bonchev–Trinajstić information content (AvgIpc) is 2.95. The molecule has 162 valence electrons. The molecule has 0 aliphatic carbocycles. The summed E-state index contributed by atoms with van der Waals surface area (Å²) in [6.45, 7) is 3.67. The summed E-state index contributed by atoms with van der Waals surface area (Å²) in [7, 11) is 3.41. The van der Waals surface area contributed by atoms with E-state index in [0.29, 0.717) is 10.6 Å². The number of fused-ring (bicyclic) bond motifs is 1. The number of nitrogens with zero attached hydrogens (tertiary/aromatic N) is 3. The monoisotopic (exact) mass is 441 g/mol. The van der Waals surface area contributed by atoms with Crippen LogP contribution in [0, 0.1) is 5.92 Å². The Morgan fingerprint density at radius 1 is 1.03 bits per heavy atom. The molecule has 3 rings (SSSR count). The van der Waals surface area contributed by atoms with Gasteiger partial charge < -0.3 is 5.32 Å². The van der Waals surface area contributed by atoms with Crippen molar-refractivity contribution in [1.82, 2.24) is 19.9 Å². The molecule has 0 fully saturated rings. The van der Waals surface area contributed by atoms with Crippen molar-refractivity contribution >= 4 is 40.7 Å². The molecule has 0 spiro atoms.